The van der Waals surface area contributed by atoms with Crippen molar-refractivity contribution in [1.29, 1.82) is 0 Å². The molecule has 1 aromatic carbocycles. The van der Waals surface area contributed by atoms with Gasteiger partial charge in [-0.25, -0.2) is 0 Å². The summed E-state index contributed by atoms with van der Waals surface area (Å²) in [5, 5.41) is 4.08. The van der Waals surface area contributed by atoms with Crippen molar-refractivity contribution in [2.75, 3.05) is 6.54 Å². The van der Waals surface area contributed by atoms with Crippen LogP contribution in [0.15, 0.2) is 59.3 Å². The van der Waals surface area contributed by atoms with E-state index >= 15 is 0 Å². The van der Waals surface area contributed by atoms with Crippen LogP contribution in [-0.4, -0.2) is 27.1 Å². The number of rotatable bonds is 4. The molecule has 0 spiro atoms. The van der Waals surface area contributed by atoms with Gasteiger partial charge in [-0.3, -0.25) is 4.79 Å². The zero-order valence-electron chi connectivity index (χ0n) is 14.3. The molecule has 1 atom stereocenters. The third-order valence-electron chi connectivity index (χ3n) is 4.85. The quantitative estimate of drug-likeness (QED) is 0.732. The van der Waals surface area contributed by atoms with Gasteiger partial charge in [0.25, 0.3) is 0 Å². The van der Waals surface area contributed by atoms with Crippen molar-refractivity contribution >= 4 is 5.91 Å². The monoisotopic (exact) mass is 335 g/mol. The van der Waals surface area contributed by atoms with Gasteiger partial charge in [0.1, 0.15) is 0 Å². The molecule has 0 aliphatic carbocycles. The Kier molecular flexibility index (Phi) is 4.14. The number of aromatic nitrogens is 2. The maximum atomic E-state index is 12.8. The summed E-state index contributed by atoms with van der Waals surface area (Å²) < 4.78 is 7.50. The fraction of sp³-hybridized carbons (Fsp3) is 0.300. The summed E-state index contributed by atoms with van der Waals surface area (Å²) in [6.07, 6.45) is 4.35. The first-order valence-electron chi connectivity index (χ1n) is 8.64. The molecule has 128 valence electrons. The molecular weight excluding hydrogens is 314 g/mol. The van der Waals surface area contributed by atoms with Crippen LogP contribution in [0.25, 0.3) is 11.3 Å². The van der Waals surface area contributed by atoms with Crippen LogP contribution in [0.3, 0.4) is 0 Å². The van der Waals surface area contributed by atoms with Gasteiger partial charge in [0, 0.05) is 37.1 Å². The van der Waals surface area contributed by atoms with E-state index in [1.165, 1.54) is 5.69 Å². The van der Waals surface area contributed by atoms with E-state index in [9.17, 15) is 4.79 Å². The van der Waals surface area contributed by atoms with E-state index in [0.29, 0.717) is 11.5 Å². The van der Waals surface area contributed by atoms with Gasteiger partial charge in [0.15, 0.2) is 5.76 Å². The molecule has 3 heterocycles. The molecule has 1 saturated heterocycles. The van der Waals surface area contributed by atoms with Crippen LogP contribution in [0.5, 0.6) is 0 Å². The van der Waals surface area contributed by atoms with Gasteiger partial charge in [-0.15, -0.1) is 0 Å². The Morgan fingerprint density at radius 2 is 2.08 bits per heavy atom. The second-order valence-corrected chi connectivity index (χ2v) is 6.51. The maximum absolute atomic E-state index is 12.8. The first-order valence-corrected chi connectivity index (χ1v) is 8.64. The van der Waals surface area contributed by atoms with Crippen molar-refractivity contribution < 1.29 is 9.32 Å². The predicted molar refractivity (Wildman–Crippen MR) is 94.7 cm³/mol. The zero-order chi connectivity index (χ0) is 17.2. The van der Waals surface area contributed by atoms with Crippen LogP contribution < -0.4 is 0 Å². The van der Waals surface area contributed by atoms with Crippen LogP contribution in [0.2, 0.25) is 0 Å². The molecule has 1 fully saturated rings. The van der Waals surface area contributed by atoms with E-state index in [1.54, 1.807) is 0 Å². The van der Waals surface area contributed by atoms with E-state index in [2.05, 4.69) is 15.8 Å². The number of amides is 1. The number of hydrogen-bond donors (Lipinski definition) is 0. The summed E-state index contributed by atoms with van der Waals surface area (Å²) in [7, 11) is 2.03. The van der Waals surface area contributed by atoms with Crippen LogP contribution in [0.1, 0.15) is 30.3 Å². The number of benzene rings is 1. The largest absolute Gasteiger partial charge is 0.356 e. The van der Waals surface area contributed by atoms with E-state index < -0.39 is 0 Å². The lowest BCUT2D eigenvalue weighted by Gasteiger charge is -2.25. The number of nitrogens with zero attached hydrogens (tertiary/aromatic N) is 3. The van der Waals surface area contributed by atoms with Crippen molar-refractivity contribution in [3.8, 4) is 11.3 Å². The molecule has 3 aromatic rings. The Labute approximate surface area is 146 Å². The summed E-state index contributed by atoms with van der Waals surface area (Å²) >= 11 is 0. The van der Waals surface area contributed by atoms with Crippen molar-refractivity contribution in [3.63, 3.8) is 0 Å². The lowest BCUT2D eigenvalue weighted by molar-refractivity contribution is -0.131. The molecule has 1 aliphatic heterocycles. The van der Waals surface area contributed by atoms with Crippen molar-refractivity contribution in [3.05, 3.63) is 66.1 Å². The van der Waals surface area contributed by atoms with Gasteiger partial charge in [0.2, 0.25) is 5.91 Å². The summed E-state index contributed by atoms with van der Waals surface area (Å²) in [5.74, 6) is 0.806. The minimum atomic E-state index is 0.108. The number of carbonyl (C=O) groups is 1. The summed E-state index contributed by atoms with van der Waals surface area (Å²) in [4.78, 5) is 14.8. The summed E-state index contributed by atoms with van der Waals surface area (Å²) in [6.45, 7) is 0.804. The normalized spacial score (nSPS) is 17.2. The second-order valence-electron chi connectivity index (χ2n) is 6.51. The Bertz CT molecular complexity index is 866. The summed E-state index contributed by atoms with van der Waals surface area (Å²) in [6, 6.07) is 16.0. The van der Waals surface area contributed by atoms with Gasteiger partial charge >= 0.3 is 0 Å². The highest BCUT2D eigenvalue weighted by molar-refractivity contribution is 5.79. The number of likely N-dealkylation sites (tertiary alicyclic amines) is 1. The molecule has 4 rings (SSSR count). The smallest absolute Gasteiger partial charge is 0.229 e. The highest BCUT2D eigenvalue weighted by atomic mass is 16.5. The first kappa shape index (κ1) is 15.7. The van der Waals surface area contributed by atoms with Crippen LogP contribution >= 0.6 is 0 Å². The number of hydrogen-bond acceptors (Lipinski definition) is 3. The van der Waals surface area contributed by atoms with Gasteiger partial charge < -0.3 is 14.0 Å². The number of carbonyl (C=O) groups excluding carboxylic acids is 1. The third-order valence-corrected chi connectivity index (χ3v) is 4.85. The van der Waals surface area contributed by atoms with Gasteiger partial charge in [-0.2, -0.15) is 0 Å². The van der Waals surface area contributed by atoms with E-state index in [1.807, 2.05) is 60.6 Å². The van der Waals surface area contributed by atoms with Crippen molar-refractivity contribution in [2.45, 2.75) is 25.3 Å². The Balaban J connectivity index is 1.49. The minimum Gasteiger partial charge on any atom is -0.356 e. The standard InChI is InChI=1S/C20H21N3O2/c1-22-11-5-9-17(22)18-10-6-12-23(18)20(24)14-16-13-19(25-21-16)15-7-3-2-4-8-15/h2-5,7-9,11,13,18H,6,10,12,14H2,1H3/t18-/m1/s1. The maximum Gasteiger partial charge on any atom is 0.229 e. The van der Waals surface area contributed by atoms with Crippen LogP contribution in [0, 0.1) is 0 Å². The molecule has 1 amide bonds. The summed E-state index contributed by atoms with van der Waals surface area (Å²) in [5.41, 5.74) is 2.84. The molecule has 0 bridgehead atoms. The highest BCUT2D eigenvalue weighted by Crippen LogP contribution is 2.32. The third kappa shape index (κ3) is 3.09. The molecule has 5 nitrogen and oxygen atoms in total. The average Bonchev–Trinajstić information content (AvgIpc) is 3.35. The lowest BCUT2D eigenvalue weighted by atomic mass is 10.1. The molecular formula is C20H21N3O2. The molecule has 0 N–H and O–H groups in total. The molecule has 5 heteroatoms. The molecule has 0 radical (unpaired) electrons. The Morgan fingerprint density at radius 3 is 2.84 bits per heavy atom. The average molecular weight is 335 g/mol. The van der Waals surface area contributed by atoms with Crippen LogP contribution in [0.4, 0.5) is 0 Å². The Hall–Kier alpha value is -2.82. The number of aryl methyl sites for hydroxylation is 1. The molecule has 25 heavy (non-hydrogen) atoms. The first-order chi connectivity index (χ1) is 12.2. The SMILES string of the molecule is Cn1cccc1[C@H]1CCCN1C(=O)Cc1cc(-c2ccccc2)on1. The molecule has 1 aliphatic rings. The molecule has 0 unspecified atom stereocenters. The highest BCUT2D eigenvalue weighted by Gasteiger charge is 2.31. The second kappa shape index (κ2) is 6.59. The fourth-order valence-electron chi connectivity index (χ4n) is 3.58. The van der Waals surface area contributed by atoms with Gasteiger partial charge in [-0.1, -0.05) is 35.5 Å². The minimum absolute atomic E-state index is 0.108. The van der Waals surface area contributed by atoms with Crippen LogP contribution in [-0.2, 0) is 18.3 Å². The predicted octanol–water partition coefficient (Wildman–Crippen LogP) is 3.59. The topological polar surface area (TPSA) is 51.3 Å². The van der Waals surface area contributed by atoms with Crippen molar-refractivity contribution in [1.82, 2.24) is 14.6 Å². The van der Waals surface area contributed by atoms with Gasteiger partial charge in [0.05, 0.1) is 18.2 Å². The Morgan fingerprint density at radius 1 is 1.24 bits per heavy atom. The van der Waals surface area contributed by atoms with E-state index in [-0.39, 0.29) is 18.4 Å². The fourth-order valence-corrected chi connectivity index (χ4v) is 3.58. The van der Waals surface area contributed by atoms with E-state index in [0.717, 1.165) is 24.9 Å². The van der Waals surface area contributed by atoms with E-state index in [4.69, 9.17) is 4.52 Å². The zero-order valence-corrected chi connectivity index (χ0v) is 14.3. The van der Waals surface area contributed by atoms with Crippen molar-refractivity contribution in [2.24, 2.45) is 7.05 Å². The van der Waals surface area contributed by atoms with Gasteiger partial charge in [-0.05, 0) is 25.0 Å². The lowest BCUT2D eigenvalue weighted by Crippen LogP contribution is -2.32. The molecule has 0 saturated carbocycles. The molecule has 2 aromatic heterocycles.